The van der Waals surface area contributed by atoms with E-state index in [9.17, 15) is 43.2 Å². The summed E-state index contributed by atoms with van der Waals surface area (Å²) >= 11 is 0. The molecule has 0 aliphatic rings. The molecule has 5 atom stereocenters. The second kappa shape index (κ2) is 71.6. The molecule has 0 heterocycles. The van der Waals surface area contributed by atoms with E-state index in [-0.39, 0.29) is 25.7 Å². The van der Waals surface area contributed by atoms with Gasteiger partial charge in [0.05, 0.1) is 39.3 Å². The molecule has 0 saturated heterocycles. The smallest absolute Gasteiger partial charge is 0.462 e. The first-order chi connectivity index (χ1) is 48.7. The van der Waals surface area contributed by atoms with E-state index in [4.69, 9.17) is 37.0 Å². The quantitative estimate of drug-likeness (QED) is 0.0169. The van der Waals surface area contributed by atoms with Crippen LogP contribution in [0.5, 0.6) is 0 Å². The summed E-state index contributed by atoms with van der Waals surface area (Å²) in [6, 6.07) is 0. The number of unbranched alkanes of at least 4 members (excludes halogenated alkanes) is 13. The van der Waals surface area contributed by atoms with Crippen LogP contribution in [0.2, 0.25) is 0 Å². The predicted molar refractivity (Wildman–Crippen MR) is 408 cm³/mol. The maximum atomic E-state index is 13.1. The van der Waals surface area contributed by atoms with Crippen molar-refractivity contribution in [1.82, 2.24) is 0 Å². The highest BCUT2D eigenvalue weighted by Gasteiger charge is 2.30. The highest BCUT2D eigenvalue weighted by Crippen LogP contribution is 2.45. The molecule has 0 aromatic rings. The molecule has 0 radical (unpaired) electrons. The standard InChI is InChI=1S/C81H128O17P2/c1-5-9-13-17-21-25-29-32-35-36-37-38-41-43-47-50-54-58-62-66-79(84)92-72-77(98-81(86)68-64-60-56-52-48-44-40-34-31-27-23-19-15-11-7-3)74-96-100(89,90)94-70-75(82)69-93-99(87,88)95-73-76(97-80(85)67-63-59-55-51-45-28-24-20-16-12-8-4)71-91-78(83)65-61-57-53-49-46-42-39-33-30-26-22-18-14-10-6-2/h9-11,13-15,21-23,25-27,32-35,37-40,43,46-49,52,57,60-61,64,75-77,82H,5-8,12,16-20,24,28-31,36,41-42,44-45,50-51,53-56,58-59,62-63,65-74H2,1-4H3,(H,87,88)(H,89,90)/b13-9-,14-10-,15-11-,25-21-,26-22-,27-23-,35-32-,38-37-,39-33-,40-34-,47-43-,49-46-,52-48-,61-57-,64-60-. The summed E-state index contributed by atoms with van der Waals surface area (Å²) in [5, 5.41) is 10.6. The molecular weight excluding hydrogens is 1310 g/mol. The predicted octanol–water partition coefficient (Wildman–Crippen LogP) is 21.2. The third-order valence-electron chi connectivity index (χ3n) is 14.4. The minimum Gasteiger partial charge on any atom is -0.462 e. The van der Waals surface area contributed by atoms with Crippen LogP contribution >= 0.6 is 15.6 Å². The summed E-state index contributed by atoms with van der Waals surface area (Å²) in [4.78, 5) is 72.6. The van der Waals surface area contributed by atoms with Crippen LogP contribution in [0.1, 0.15) is 246 Å². The number of aliphatic hydroxyl groups excluding tert-OH is 1. The molecule has 17 nitrogen and oxygen atoms in total. The van der Waals surface area contributed by atoms with Crippen molar-refractivity contribution < 1.29 is 80.2 Å². The second-order valence-electron chi connectivity index (χ2n) is 23.8. The van der Waals surface area contributed by atoms with Gasteiger partial charge in [0.15, 0.2) is 12.2 Å². The van der Waals surface area contributed by atoms with Gasteiger partial charge >= 0.3 is 39.5 Å². The lowest BCUT2D eigenvalue weighted by Crippen LogP contribution is -2.30. The fourth-order valence-corrected chi connectivity index (χ4v) is 10.5. The molecule has 5 unspecified atom stereocenters. The van der Waals surface area contributed by atoms with E-state index in [1.165, 1.54) is 38.5 Å². The van der Waals surface area contributed by atoms with Gasteiger partial charge in [0.25, 0.3) is 0 Å². The minimum atomic E-state index is -5.02. The summed E-state index contributed by atoms with van der Waals surface area (Å²) in [6.45, 7) is 4.20. The van der Waals surface area contributed by atoms with Crippen molar-refractivity contribution in [2.45, 2.75) is 264 Å². The Labute approximate surface area is 603 Å². The van der Waals surface area contributed by atoms with E-state index >= 15 is 0 Å². The highest BCUT2D eigenvalue weighted by molar-refractivity contribution is 7.47. The zero-order valence-electron chi connectivity index (χ0n) is 61.3. The second-order valence-corrected chi connectivity index (χ2v) is 26.7. The van der Waals surface area contributed by atoms with Crippen LogP contribution in [0.25, 0.3) is 0 Å². The first-order valence-electron chi connectivity index (χ1n) is 37.0. The molecule has 0 fully saturated rings. The average Bonchev–Trinajstić information content (AvgIpc) is 0.985. The molecule has 3 N–H and O–H groups in total. The molecule has 0 spiro atoms. The summed E-state index contributed by atoms with van der Waals surface area (Å²) in [5.41, 5.74) is 0. The van der Waals surface area contributed by atoms with E-state index in [0.29, 0.717) is 25.7 Å². The van der Waals surface area contributed by atoms with Gasteiger partial charge in [-0.2, -0.15) is 0 Å². The van der Waals surface area contributed by atoms with Crippen LogP contribution < -0.4 is 0 Å². The third kappa shape index (κ3) is 70.6. The number of hydrogen-bond donors (Lipinski definition) is 3. The van der Waals surface area contributed by atoms with Crippen molar-refractivity contribution in [2.75, 3.05) is 39.6 Å². The van der Waals surface area contributed by atoms with E-state index in [1.807, 2.05) is 30.4 Å². The fourth-order valence-electron chi connectivity index (χ4n) is 8.92. The summed E-state index contributed by atoms with van der Waals surface area (Å²) < 4.78 is 68.1. The van der Waals surface area contributed by atoms with Gasteiger partial charge < -0.3 is 33.8 Å². The lowest BCUT2D eigenvalue weighted by molar-refractivity contribution is -0.160. The zero-order chi connectivity index (χ0) is 73.2. The highest BCUT2D eigenvalue weighted by atomic mass is 31.2. The largest absolute Gasteiger partial charge is 0.472 e. The first-order valence-corrected chi connectivity index (χ1v) is 40.0. The Bertz CT molecular complexity index is 2620. The van der Waals surface area contributed by atoms with Gasteiger partial charge in [-0.3, -0.25) is 37.3 Å². The Morgan fingerprint density at radius 2 is 0.570 bits per heavy atom. The van der Waals surface area contributed by atoms with Gasteiger partial charge in [0, 0.05) is 12.8 Å². The number of phosphoric ester groups is 2. The third-order valence-corrected chi connectivity index (χ3v) is 16.3. The Hall–Kier alpha value is -5.84. The molecule has 0 bridgehead atoms. The molecule has 0 aliphatic carbocycles. The maximum absolute atomic E-state index is 13.1. The number of carbonyl (C=O) groups is 4. The molecule has 0 amide bonds. The molecule has 0 aliphatic heterocycles. The number of carbonyl (C=O) groups excluding carboxylic acids is 4. The zero-order valence-corrected chi connectivity index (χ0v) is 63.1. The van der Waals surface area contributed by atoms with Crippen molar-refractivity contribution in [3.8, 4) is 0 Å². The summed E-state index contributed by atoms with van der Waals surface area (Å²) in [6.07, 6.45) is 85.3. The molecule has 564 valence electrons. The monoisotopic (exact) mass is 1430 g/mol. The summed E-state index contributed by atoms with van der Waals surface area (Å²) in [5.74, 6) is -2.53. The van der Waals surface area contributed by atoms with E-state index < -0.39 is 97.5 Å². The Kier molecular flexibility index (Phi) is 67.4. The molecule has 0 rings (SSSR count). The molecule has 100 heavy (non-hydrogen) atoms. The Balaban J connectivity index is 5.51. The van der Waals surface area contributed by atoms with Gasteiger partial charge in [-0.25, -0.2) is 9.13 Å². The lowest BCUT2D eigenvalue weighted by Gasteiger charge is -2.21. The minimum absolute atomic E-state index is 0.0682. The van der Waals surface area contributed by atoms with E-state index in [1.54, 1.807) is 18.2 Å². The normalized spacial score (nSPS) is 15.0. The van der Waals surface area contributed by atoms with Crippen molar-refractivity contribution in [3.05, 3.63) is 182 Å². The Morgan fingerprint density at radius 1 is 0.300 bits per heavy atom. The van der Waals surface area contributed by atoms with Crippen LogP contribution in [-0.4, -0.2) is 96.7 Å². The summed E-state index contributed by atoms with van der Waals surface area (Å²) in [7, 11) is -10.0. The number of rotatable bonds is 67. The topological polar surface area (TPSA) is 237 Å². The first kappa shape index (κ1) is 94.2. The molecule has 0 aromatic heterocycles. The number of aliphatic hydroxyl groups is 1. The number of hydrogen-bond acceptors (Lipinski definition) is 15. The molecular formula is C81H128O17P2. The SMILES string of the molecule is CC/C=C\C/C=C\C/C=C\C/C=C\C/C=C\CCCCCC(=O)OCC(COP(=O)(O)OCC(O)COP(=O)(O)OCC(COC(=O)C/C=C\C/C=C\C/C=C\C/C=C\C/C=C\CC)OC(=O)CCCCCCCCCCCCC)OC(=O)C/C=C\C/C=C\C/C=C\C/C=C\C/C=C\CC. The van der Waals surface area contributed by atoms with Crippen molar-refractivity contribution in [2.24, 2.45) is 0 Å². The fraction of sp³-hybridized carbons (Fsp3) is 0.580. The van der Waals surface area contributed by atoms with Crippen molar-refractivity contribution in [1.29, 1.82) is 0 Å². The van der Waals surface area contributed by atoms with Gasteiger partial charge in [0.1, 0.15) is 19.3 Å². The van der Waals surface area contributed by atoms with Crippen LogP contribution in [0.15, 0.2) is 182 Å². The lowest BCUT2D eigenvalue weighted by atomic mass is 10.1. The number of ether oxygens (including phenoxy) is 4. The van der Waals surface area contributed by atoms with Crippen LogP contribution in [0, 0.1) is 0 Å². The molecule has 19 heteroatoms. The van der Waals surface area contributed by atoms with Gasteiger partial charge in [-0.1, -0.05) is 281 Å². The van der Waals surface area contributed by atoms with E-state index in [2.05, 4.69) is 161 Å². The number of allylic oxidation sites excluding steroid dienone is 28. The van der Waals surface area contributed by atoms with Crippen LogP contribution in [0.3, 0.4) is 0 Å². The Morgan fingerprint density at radius 3 is 0.930 bits per heavy atom. The van der Waals surface area contributed by atoms with Crippen molar-refractivity contribution in [3.63, 3.8) is 0 Å². The van der Waals surface area contributed by atoms with Crippen LogP contribution in [0.4, 0.5) is 0 Å². The number of esters is 4. The van der Waals surface area contributed by atoms with Gasteiger partial charge in [-0.15, -0.1) is 0 Å². The van der Waals surface area contributed by atoms with Crippen molar-refractivity contribution >= 4 is 39.5 Å². The average molecular weight is 1440 g/mol. The van der Waals surface area contributed by atoms with Gasteiger partial charge in [-0.05, 0) is 122 Å². The van der Waals surface area contributed by atoms with Gasteiger partial charge in [0.2, 0.25) is 0 Å². The van der Waals surface area contributed by atoms with E-state index in [0.717, 1.165) is 128 Å². The number of phosphoric acid groups is 2. The molecule has 0 aromatic carbocycles. The maximum Gasteiger partial charge on any atom is 0.472 e. The van der Waals surface area contributed by atoms with Crippen LogP contribution in [-0.2, 0) is 65.4 Å². The molecule has 0 saturated carbocycles.